The molecule has 1 unspecified atom stereocenters. The number of hydrogen-bond acceptors (Lipinski definition) is 8. The van der Waals surface area contributed by atoms with Crippen molar-refractivity contribution in [1.82, 2.24) is 0 Å². The van der Waals surface area contributed by atoms with E-state index in [1.54, 1.807) is 21.1 Å². The van der Waals surface area contributed by atoms with Gasteiger partial charge in [0.1, 0.15) is 24.2 Å². The summed E-state index contributed by atoms with van der Waals surface area (Å²) in [4.78, 5) is 13.5. The average Bonchev–Trinajstić information content (AvgIpc) is 2.90. The number of esters is 1. The summed E-state index contributed by atoms with van der Waals surface area (Å²) in [7, 11) is 4.73. The zero-order valence-electron chi connectivity index (χ0n) is 23.8. The molecule has 2 aliphatic rings. The zero-order valence-corrected chi connectivity index (χ0v) is 23.8. The van der Waals surface area contributed by atoms with Crippen LogP contribution in [-0.2, 0) is 28.5 Å². The third-order valence-corrected chi connectivity index (χ3v) is 8.30. The lowest BCUT2D eigenvalue weighted by molar-refractivity contribution is -0.360. The molecule has 1 fully saturated rings. The maximum absolute atomic E-state index is 13.5. The minimum Gasteiger partial charge on any atom is -0.457 e. The van der Waals surface area contributed by atoms with E-state index in [0.29, 0.717) is 6.42 Å². The summed E-state index contributed by atoms with van der Waals surface area (Å²) in [6.45, 7) is 7.37. The Bertz CT molecular complexity index is 917. The van der Waals surface area contributed by atoms with Crippen LogP contribution >= 0.6 is 0 Å². The van der Waals surface area contributed by atoms with E-state index in [-0.39, 0.29) is 24.0 Å². The van der Waals surface area contributed by atoms with E-state index in [4.69, 9.17) is 23.7 Å². The largest absolute Gasteiger partial charge is 0.457 e. The SMILES string of the molecule is COC1CCCC[C@@H](c2ccc(C)cc2)OC(=O)[C@@H](C)[C@@]2(O)O[C@H]([C@@H](C)[C@H](O)[C@H]2OC)[C@@H](C)/C=C/[C@H]1OC. The second-order valence-electron chi connectivity index (χ2n) is 10.9. The molecule has 0 radical (unpaired) electrons. The zero-order chi connectivity index (χ0) is 28.0. The van der Waals surface area contributed by atoms with E-state index in [9.17, 15) is 15.0 Å². The van der Waals surface area contributed by atoms with Gasteiger partial charge in [0, 0.05) is 33.2 Å². The molecule has 2 aliphatic heterocycles. The van der Waals surface area contributed by atoms with Gasteiger partial charge in [-0.1, -0.05) is 62.2 Å². The lowest BCUT2D eigenvalue weighted by Crippen LogP contribution is -2.66. The van der Waals surface area contributed by atoms with E-state index < -0.39 is 42.1 Å². The van der Waals surface area contributed by atoms with Crippen LogP contribution in [0.25, 0.3) is 0 Å². The molecule has 1 aromatic rings. The van der Waals surface area contributed by atoms with Gasteiger partial charge < -0.3 is 33.9 Å². The van der Waals surface area contributed by atoms with E-state index in [2.05, 4.69) is 0 Å². The summed E-state index contributed by atoms with van der Waals surface area (Å²) < 4.78 is 29.4. The van der Waals surface area contributed by atoms with Crippen LogP contribution in [-0.4, -0.2) is 73.8 Å². The standard InChI is InChI=1S/C30H46O8/c1-18-12-15-22(16-13-18)23-10-8-9-11-24(34-5)25(35-6)17-14-19(2)27-20(3)26(31)28(36-7)30(33,38-27)21(4)29(32)37-23/h12-17,19-21,23-28,31,33H,8-11H2,1-7H3/b17-14+/t19-,20-,21+,23-,24?,25+,26-,27-,28+,30+/m0/s1. The normalized spacial score (nSPS) is 40.3. The van der Waals surface area contributed by atoms with Crippen molar-refractivity contribution in [1.29, 1.82) is 0 Å². The maximum atomic E-state index is 13.5. The summed E-state index contributed by atoms with van der Waals surface area (Å²) in [5.74, 6) is -4.39. The van der Waals surface area contributed by atoms with Gasteiger partial charge in [-0.15, -0.1) is 0 Å². The highest BCUT2D eigenvalue weighted by Gasteiger charge is 2.58. The second kappa shape index (κ2) is 13.5. The van der Waals surface area contributed by atoms with Gasteiger partial charge in [-0.25, -0.2) is 0 Å². The molecule has 1 saturated heterocycles. The molecule has 0 aliphatic carbocycles. The number of carbonyl (C=O) groups excluding carboxylic acids is 1. The first-order valence-corrected chi connectivity index (χ1v) is 13.7. The summed E-state index contributed by atoms with van der Waals surface area (Å²) >= 11 is 0. The van der Waals surface area contributed by atoms with E-state index >= 15 is 0 Å². The first-order chi connectivity index (χ1) is 18.1. The third kappa shape index (κ3) is 6.66. The molecular weight excluding hydrogens is 488 g/mol. The predicted molar refractivity (Wildman–Crippen MR) is 143 cm³/mol. The van der Waals surface area contributed by atoms with Gasteiger partial charge in [0.2, 0.25) is 5.79 Å². The molecule has 10 atom stereocenters. The Morgan fingerprint density at radius 3 is 2.21 bits per heavy atom. The maximum Gasteiger partial charge on any atom is 0.314 e. The van der Waals surface area contributed by atoms with Crippen LogP contribution in [0, 0.1) is 24.7 Å². The van der Waals surface area contributed by atoms with Crippen LogP contribution in [0.5, 0.6) is 0 Å². The molecule has 0 amide bonds. The highest BCUT2D eigenvalue weighted by molar-refractivity contribution is 5.73. The topological polar surface area (TPSA) is 104 Å². The van der Waals surface area contributed by atoms with Gasteiger partial charge in [-0.05, 0) is 38.7 Å². The molecule has 8 heteroatoms. The molecular formula is C30H46O8. The van der Waals surface area contributed by atoms with E-state index in [1.807, 2.05) is 57.2 Å². The number of fused-ring (bicyclic) bond motifs is 2. The second-order valence-corrected chi connectivity index (χ2v) is 10.9. The number of rotatable bonds is 4. The van der Waals surface area contributed by atoms with E-state index in [1.165, 1.54) is 7.11 Å². The summed E-state index contributed by atoms with van der Waals surface area (Å²) in [5.41, 5.74) is 2.00. The van der Waals surface area contributed by atoms with Crippen molar-refractivity contribution in [2.24, 2.45) is 17.8 Å². The van der Waals surface area contributed by atoms with Crippen molar-refractivity contribution < 1.29 is 38.7 Å². The van der Waals surface area contributed by atoms with Crippen molar-refractivity contribution in [3.63, 3.8) is 0 Å². The molecule has 38 heavy (non-hydrogen) atoms. The molecule has 8 nitrogen and oxygen atoms in total. The van der Waals surface area contributed by atoms with Crippen molar-refractivity contribution in [2.75, 3.05) is 21.3 Å². The number of cyclic esters (lactones) is 1. The van der Waals surface area contributed by atoms with Crippen molar-refractivity contribution >= 4 is 5.97 Å². The number of hydrogen-bond donors (Lipinski definition) is 2. The Hall–Kier alpha value is -1.81. The summed E-state index contributed by atoms with van der Waals surface area (Å²) in [6, 6.07) is 7.91. The Kier molecular flexibility index (Phi) is 10.9. The molecule has 2 bridgehead atoms. The molecule has 0 spiro atoms. The van der Waals surface area contributed by atoms with Gasteiger partial charge >= 0.3 is 5.97 Å². The number of aliphatic hydroxyl groups excluding tert-OH is 1. The minimum absolute atomic E-state index is 0.151. The minimum atomic E-state index is -2.09. The molecule has 1 aromatic carbocycles. The Morgan fingerprint density at radius 2 is 1.61 bits per heavy atom. The van der Waals surface area contributed by atoms with Crippen molar-refractivity contribution in [3.8, 4) is 0 Å². The molecule has 0 aromatic heterocycles. The Labute approximate surface area is 227 Å². The highest BCUT2D eigenvalue weighted by atomic mass is 16.7. The smallest absolute Gasteiger partial charge is 0.314 e. The van der Waals surface area contributed by atoms with Crippen LogP contribution in [0.3, 0.4) is 0 Å². The molecule has 2 heterocycles. The lowest BCUT2D eigenvalue weighted by Gasteiger charge is -2.51. The average molecular weight is 535 g/mol. The molecule has 214 valence electrons. The lowest BCUT2D eigenvalue weighted by atomic mass is 9.78. The number of methoxy groups -OCH3 is 3. The first-order valence-electron chi connectivity index (χ1n) is 13.7. The number of aryl methyl sites for hydroxylation is 1. The van der Waals surface area contributed by atoms with Crippen LogP contribution in [0.2, 0.25) is 0 Å². The van der Waals surface area contributed by atoms with Crippen LogP contribution < -0.4 is 0 Å². The fourth-order valence-electron chi connectivity index (χ4n) is 5.68. The highest BCUT2D eigenvalue weighted by Crippen LogP contribution is 2.42. The van der Waals surface area contributed by atoms with Crippen LogP contribution in [0.15, 0.2) is 36.4 Å². The summed E-state index contributed by atoms with van der Waals surface area (Å²) in [5, 5.41) is 23.0. The fourth-order valence-corrected chi connectivity index (χ4v) is 5.68. The third-order valence-electron chi connectivity index (χ3n) is 8.30. The number of carbonyl (C=O) groups is 1. The van der Waals surface area contributed by atoms with Crippen molar-refractivity contribution in [2.45, 2.75) is 95.8 Å². The Balaban J connectivity index is 2.01. The van der Waals surface area contributed by atoms with Crippen LogP contribution in [0.4, 0.5) is 0 Å². The summed E-state index contributed by atoms with van der Waals surface area (Å²) in [6.07, 6.45) is 3.28. The molecule has 3 rings (SSSR count). The van der Waals surface area contributed by atoms with Crippen molar-refractivity contribution in [3.05, 3.63) is 47.5 Å². The number of ether oxygens (including phenoxy) is 5. The molecule has 2 N–H and O–H groups in total. The van der Waals surface area contributed by atoms with E-state index in [0.717, 1.165) is 30.4 Å². The van der Waals surface area contributed by atoms with Crippen LogP contribution in [0.1, 0.15) is 63.7 Å². The fraction of sp³-hybridized carbons (Fsp3) is 0.700. The monoisotopic (exact) mass is 534 g/mol. The number of benzene rings is 1. The molecule has 0 saturated carbocycles. The van der Waals surface area contributed by atoms with Gasteiger partial charge in [-0.3, -0.25) is 4.79 Å². The van der Waals surface area contributed by atoms with Gasteiger partial charge in [0.05, 0.1) is 18.3 Å². The number of aliphatic hydroxyl groups is 2. The van der Waals surface area contributed by atoms with Gasteiger partial charge in [0.25, 0.3) is 0 Å². The first kappa shape index (κ1) is 30.7. The quantitative estimate of drug-likeness (QED) is 0.439. The van der Waals surface area contributed by atoms with Gasteiger partial charge in [0.15, 0.2) is 0 Å². The van der Waals surface area contributed by atoms with Gasteiger partial charge in [-0.2, -0.15) is 0 Å². The predicted octanol–water partition coefficient (Wildman–Crippen LogP) is 4.11. The Morgan fingerprint density at radius 1 is 0.947 bits per heavy atom.